The van der Waals surface area contributed by atoms with E-state index in [9.17, 15) is 4.79 Å². The maximum Gasteiger partial charge on any atom is 0.291 e. The number of hydrogen-bond acceptors (Lipinski definition) is 5. The first-order valence-corrected chi connectivity index (χ1v) is 6.52. The molecule has 2 aliphatic rings. The standard InChI is InChI=1S/C13H18N2O4/c1-9-11(18-8-14-9)12(16)15-6-10(17-2)13(7-15)4-3-5-19-13/h8,10H,3-7H2,1-2H3/t10-,13-/m0/s1. The second kappa shape index (κ2) is 4.61. The average molecular weight is 266 g/mol. The van der Waals surface area contributed by atoms with Crippen LogP contribution in [0.1, 0.15) is 29.1 Å². The minimum Gasteiger partial charge on any atom is -0.438 e. The second-order valence-corrected chi connectivity index (χ2v) is 5.19. The number of amides is 1. The zero-order valence-corrected chi connectivity index (χ0v) is 11.2. The summed E-state index contributed by atoms with van der Waals surface area (Å²) < 4.78 is 16.6. The summed E-state index contributed by atoms with van der Waals surface area (Å²) in [6, 6.07) is 0. The van der Waals surface area contributed by atoms with Gasteiger partial charge in [-0.05, 0) is 19.8 Å². The van der Waals surface area contributed by atoms with Crippen molar-refractivity contribution in [3.05, 3.63) is 17.8 Å². The second-order valence-electron chi connectivity index (χ2n) is 5.19. The van der Waals surface area contributed by atoms with Crippen LogP contribution in [0, 0.1) is 6.92 Å². The van der Waals surface area contributed by atoms with Gasteiger partial charge in [-0.3, -0.25) is 4.79 Å². The molecule has 0 aromatic carbocycles. The highest BCUT2D eigenvalue weighted by Crippen LogP contribution is 2.37. The summed E-state index contributed by atoms with van der Waals surface area (Å²) in [4.78, 5) is 18.1. The zero-order chi connectivity index (χ0) is 13.5. The van der Waals surface area contributed by atoms with Crippen LogP contribution >= 0.6 is 0 Å². The normalized spacial score (nSPS) is 30.4. The van der Waals surface area contributed by atoms with Gasteiger partial charge in [0.25, 0.3) is 5.91 Å². The molecule has 3 rings (SSSR count). The molecule has 1 amide bonds. The van der Waals surface area contributed by atoms with Gasteiger partial charge >= 0.3 is 0 Å². The minimum absolute atomic E-state index is 0.0674. The first kappa shape index (κ1) is 12.6. The lowest BCUT2D eigenvalue weighted by atomic mass is 9.96. The molecule has 1 aromatic rings. The SMILES string of the molecule is CO[C@H]1CN(C(=O)c2ocnc2C)C[C@@]12CCCO2. The van der Waals surface area contributed by atoms with E-state index in [4.69, 9.17) is 13.9 Å². The quantitative estimate of drug-likeness (QED) is 0.799. The molecule has 1 spiro atoms. The number of carbonyl (C=O) groups is 1. The Balaban J connectivity index is 1.81. The smallest absolute Gasteiger partial charge is 0.291 e. The van der Waals surface area contributed by atoms with Gasteiger partial charge in [0.1, 0.15) is 11.7 Å². The largest absolute Gasteiger partial charge is 0.438 e. The number of aryl methyl sites for hydroxylation is 1. The Morgan fingerprint density at radius 1 is 1.63 bits per heavy atom. The van der Waals surface area contributed by atoms with Crippen LogP contribution in [-0.4, -0.2) is 54.3 Å². The lowest BCUT2D eigenvalue weighted by molar-refractivity contribution is -0.0755. The molecule has 104 valence electrons. The number of methoxy groups -OCH3 is 1. The molecule has 0 saturated carbocycles. The Morgan fingerprint density at radius 2 is 2.47 bits per heavy atom. The number of ether oxygens (including phenoxy) is 2. The molecular weight excluding hydrogens is 248 g/mol. The number of carbonyl (C=O) groups excluding carboxylic acids is 1. The van der Waals surface area contributed by atoms with Crippen LogP contribution in [0.25, 0.3) is 0 Å². The maximum absolute atomic E-state index is 12.4. The average Bonchev–Trinajstić information content (AvgIpc) is 3.11. The van der Waals surface area contributed by atoms with Gasteiger partial charge in [-0.25, -0.2) is 4.98 Å². The Labute approximate surface area is 111 Å². The highest BCUT2D eigenvalue weighted by molar-refractivity contribution is 5.92. The Hall–Kier alpha value is -1.40. The molecule has 19 heavy (non-hydrogen) atoms. The number of hydrogen-bond donors (Lipinski definition) is 0. The molecule has 2 aliphatic heterocycles. The molecule has 6 heteroatoms. The van der Waals surface area contributed by atoms with Crippen molar-refractivity contribution < 1.29 is 18.7 Å². The predicted octanol–water partition coefficient (Wildman–Crippen LogP) is 1.00. The number of likely N-dealkylation sites (tertiary alicyclic amines) is 1. The highest BCUT2D eigenvalue weighted by Gasteiger charge is 2.51. The number of aromatic nitrogens is 1. The van der Waals surface area contributed by atoms with Crippen molar-refractivity contribution in [2.75, 3.05) is 26.8 Å². The van der Waals surface area contributed by atoms with Gasteiger partial charge in [0, 0.05) is 13.7 Å². The summed E-state index contributed by atoms with van der Waals surface area (Å²) in [6.07, 6.45) is 3.18. The van der Waals surface area contributed by atoms with Crippen molar-refractivity contribution in [1.82, 2.24) is 9.88 Å². The molecule has 0 aliphatic carbocycles. The number of oxazole rings is 1. The summed E-state index contributed by atoms with van der Waals surface area (Å²) in [5.74, 6) is 0.175. The molecule has 0 radical (unpaired) electrons. The third-order valence-electron chi connectivity index (χ3n) is 4.08. The summed E-state index contributed by atoms with van der Waals surface area (Å²) >= 11 is 0. The van der Waals surface area contributed by atoms with E-state index in [-0.39, 0.29) is 17.6 Å². The molecular formula is C13H18N2O4. The Bertz CT molecular complexity index is 479. The summed E-state index contributed by atoms with van der Waals surface area (Å²) in [6.45, 7) is 3.60. The molecule has 3 heterocycles. The van der Waals surface area contributed by atoms with Gasteiger partial charge < -0.3 is 18.8 Å². The Morgan fingerprint density at radius 3 is 3.05 bits per heavy atom. The number of rotatable bonds is 2. The van der Waals surface area contributed by atoms with Gasteiger partial charge in [0.05, 0.1) is 18.8 Å². The number of nitrogens with zero attached hydrogens (tertiary/aromatic N) is 2. The van der Waals surface area contributed by atoms with Crippen molar-refractivity contribution >= 4 is 5.91 Å². The highest BCUT2D eigenvalue weighted by atomic mass is 16.6. The van der Waals surface area contributed by atoms with Crippen LogP contribution in [0.2, 0.25) is 0 Å². The maximum atomic E-state index is 12.4. The van der Waals surface area contributed by atoms with Gasteiger partial charge in [0.2, 0.25) is 5.76 Å². The Kier molecular flexibility index (Phi) is 3.06. The fraction of sp³-hybridized carbons (Fsp3) is 0.692. The van der Waals surface area contributed by atoms with Crippen molar-refractivity contribution in [2.24, 2.45) is 0 Å². The molecule has 6 nitrogen and oxygen atoms in total. The monoisotopic (exact) mass is 266 g/mol. The minimum atomic E-state index is -0.335. The van der Waals surface area contributed by atoms with E-state index < -0.39 is 0 Å². The lowest BCUT2D eigenvalue weighted by Gasteiger charge is -2.27. The van der Waals surface area contributed by atoms with Crippen LogP contribution < -0.4 is 0 Å². The van der Waals surface area contributed by atoms with E-state index in [0.29, 0.717) is 24.5 Å². The summed E-state index contributed by atoms with van der Waals surface area (Å²) in [5.41, 5.74) is 0.283. The third kappa shape index (κ3) is 1.95. The zero-order valence-electron chi connectivity index (χ0n) is 11.2. The van der Waals surface area contributed by atoms with Crippen molar-refractivity contribution in [1.29, 1.82) is 0 Å². The van der Waals surface area contributed by atoms with E-state index in [1.165, 1.54) is 6.39 Å². The van der Waals surface area contributed by atoms with Crippen LogP contribution in [0.5, 0.6) is 0 Å². The first-order chi connectivity index (χ1) is 9.16. The first-order valence-electron chi connectivity index (χ1n) is 6.52. The van der Waals surface area contributed by atoms with E-state index in [2.05, 4.69) is 4.98 Å². The fourth-order valence-corrected chi connectivity index (χ4v) is 3.05. The molecule has 2 fully saturated rings. The van der Waals surface area contributed by atoms with Gasteiger partial charge in [0.15, 0.2) is 6.39 Å². The predicted molar refractivity (Wildman–Crippen MR) is 65.9 cm³/mol. The topological polar surface area (TPSA) is 64.8 Å². The van der Waals surface area contributed by atoms with Crippen LogP contribution in [0.4, 0.5) is 0 Å². The van der Waals surface area contributed by atoms with Crippen LogP contribution in [0.15, 0.2) is 10.8 Å². The van der Waals surface area contributed by atoms with Crippen LogP contribution in [0.3, 0.4) is 0 Å². The molecule has 2 atom stereocenters. The van der Waals surface area contributed by atoms with E-state index in [0.717, 1.165) is 19.4 Å². The fourth-order valence-electron chi connectivity index (χ4n) is 3.05. The van der Waals surface area contributed by atoms with E-state index in [1.54, 1.807) is 18.9 Å². The van der Waals surface area contributed by atoms with Gasteiger partial charge in [-0.2, -0.15) is 0 Å². The molecule has 1 aromatic heterocycles. The van der Waals surface area contributed by atoms with E-state index in [1.807, 2.05) is 0 Å². The molecule has 0 unspecified atom stereocenters. The van der Waals surface area contributed by atoms with Crippen molar-refractivity contribution in [3.8, 4) is 0 Å². The van der Waals surface area contributed by atoms with Gasteiger partial charge in [-0.1, -0.05) is 0 Å². The van der Waals surface area contributed by atoms with Gasteiger partial charge in [-0.15, -0.1) is 0 Å². The molecule has 2 saturated heterocycles. The van der Waals surface area contributed by atoms with Crippen molar-refractivity contribution in [2.45, 2.75) is 31.5 Å². The summed E-state index contributed by atoms with van der Waals surface area (Å²) in [5, 5.41) is 0. The van der Waals surface area contributed by atoms with Crippen LogP contribution in [-0.2, 0) is 9.47 Å². The van der Waals surface area contributed by atoms with E-state index >= 15 is 0 Å². The molecule has 0 N–H and O–H groups in total. The summed E-state index contributed by atoms with van der Waals surface area (Å²) in [7, 11) is 1.67. The van der Waals surface area contributed by atoms with Crippen molar-refractivity contribution in [3.63, 3.8) is 0 Å². The molecule has 0 bridgehead atoms. The lowest BCUT2D eigenvalue weighted by Crippen LogP contribution is -2.42. The third-order valence-corrected chi connectivity index (χ3v) is 4.08.